The van der Waals surface area contributed by atoms with Crippen LogP contribution in [-0.2, 0) is 23.8 Å². The van der Waals surface area contributed by atoms with E-state index in [0.717, 1.165) is 81.7 Å². The number of aromatic nitrogens is 4. The highest BCUT2D eigenvalue weighted by Gasteiger charge is 2.40. The van der Waals surface area contributed by atoms with Crippen molar-refractivity contribution in [1.82, 2.24) is 40.4 Å². The number of carbonyl (C=O) groups is 4. The number of hydrogen-bond donors (Lipinski definition) is 4. The molecule has 5 aromatic rings. The van der Waals surface area contributed by atoms with Gasteiger partial charge in [-0.2, -0.15) is 0 Å². The van der Waals surface area contributed by atoms with Gasteiger partial charge in [-0.15, -0.1) is 0 Å². The topological polar surface area (TPSA) is 184 Å². The summed E-state index contributed by atoms with van der Waals surface area (Å²) in [5.41, 5.74) is 5.88. The number of benzene rings is 3. The van der Waals surface area contributed by atoms with Crippen LogP contribution in [-0.4, -0.2) is 106 Å². The minimum Gasteiger partial charge on any atom is -0.453 e. The number of imidazole rings is 2. The molecule has 61 heavy (non-hydrogen) atoms. The van der Waals surface area contributed by atoms with E-state index in [4.69, 9.17) is 24.2 Å². The number of hydrogen-bond acceptors (Lipinski definition) is 9. The molecule has 15 heteroatoms. The normalized spacial score (nSPS) is 19.2. The molecule has 0 aliphatic carbocycles. The predicted octanol–water partition coefficient (Wildman–Crippen LogP) is 7.15. The number of methoxy groups -OCH3 is 2. The number of amides is 4. The Hall–Kier alpha value is -6.22. The highest BCUT2D eigenvalue weighted by Crippen LogP contribution is 2.36. The van der Waals surface area contributed by atoms with Crippen molar-refractivity contribution in [3.8, 4) is 33.6 Å². The third kappa shape index (κ3) is 8.83. The molecule has 0 saturated carbocycles. The summed E-state index contributed by atoms with van der Waals surface area (Å²) in [7, 11) is 2.60. The molecule has 3 saturated heterocycles. The van der Waals surface area contributed by atoms with Gasteiger partial charge in [0, 0.05) is 31.9 Å². The Morgan fingerprint density at radius 2 is 1.18 bits per heavy atom. The molecule has 15 nitrogen and oxygen atoms in total. The summed E-state index contributed by atoms with van der Waals surface area (Å²) >= 11 is 0. The number of carbonyl (C=O) groups excluding carboxylic acids is 4. The van der Waals surface area contributed by atoms with E-state index >= 15 is 0 Å². The molecule has 3 aliphatic rings. The molecule has 2 unspecified atom stereocenters. The van der Waals surface area contributed by atoms with E-state index in [0.29, 0.717) is 39.1 Å². The van der Waals surface area contributed by atoms with Gasteiger partial charge in [0.05, 0.1) is 50.1 Å². The van der Waals surface area contributed by atoms with Crippen molar-refractivity contribution in [2.75, 3.05) is 40.5 Å². The average Bonchev–Trinajstić information content (AvgIpc) is 4.14. The first kappa shape index (κ1) is 41.5. The van der Waals surface area contributed by atoms with Crippen LogP contribution in [0.1, 0.15) is 76.1 Å². The predicted molar refractivity (Wildman–Crippen MR) is 229 cm³/mol. The number of nitrogens with one attached hydrogen (secondary N) is 4. The van der Waals surface area contributed by atoms with Crippen LogP contribution in [0.4, 0.5) is 9.59 Å². The molecule has 4 atom stereocenters. The van der Waals surface area contributed by atoms with Gasteiger partial charge in [0.1, 0.15) is 23.7 Å². The Labute approximate surface area is 354 Å². The number of ether oxygens (including phenoxy) is 3. The Balaban J connectivity index is 0.935. The molecule has 8 rings (SSSR count). The van der Waals surface area contributed by atoms with Crippen molar-refractivity contribution in [3.05, 3.63) is 84.7 Å². The minimum absolute atomic E-state index is 0.0265. The number of fused-ring (bicyclic) bond motifs is 1. The maximum Gasteiger partial charge on any atom is 0.407 e. The largest absolute Gasteiger partial charge is 0.453 e. The zero-order valence-corrected chi connectivity index (χ0v) is 35.1. The van der Waals surface area contributed by atoms with Crippen molar-refractivity contribution < 1.29 is 33.4 Å². The van der Waals surface area contributed by atoms with Gasteiger partial charge in [-0.05, 0) is 90.0 Å². The van der Waals surface area contributed by atoms with E-state index in [-0.39, 0.29) is 35.7 Å². The Morgan fingerprint density at radius 3 is 1.77 bits per heavy atom. The summed E-state index contributed by atoms with van der Waals surface area (Å²) in [6.07, 6.45) is 7.05. The summed E-state index contributed by atoms with van der Waals surface area (Å²) < 4.78 is 15.2. The highest BCUT2D eigenvalue weighted by molar-refractivity contribution is 5.91. The van der Waals surface area contributed by atoms with Crippen molar-refractivity contribution >= 4 is 34.8 Å². The lowest BCUT2D eigenvalue weighted by atomic mass is 9.90. The fourth-order valence-corrected chi connectivity index (χ4v) is 9.04. The number of alkyl carbamates (subject to hydrolysis) is 2. The lowest BCUT2D eigenvalue weighted by Crippen LogP contribution is -2.53. The van der Waals surface area contributed by atoms with E-state index in [9.17, 15) is 19.2 Å². The van der Waals surface area contributed by atoms with Gasteiger partial charge in [-0.1, -0.05) is 62.4 Å². The Kier molecular flexibility index (Phi) is 12.4. The molecule has 5 heterocycles. The SMILES string of the molecule is COC(=O)NC(C(=O)N1CCC[C@H]1c1ncc(-c2ccc3cc(-c4ccc(-c5cnc(C6CCCN6C(=O)[C@@H](NC(=O)OC)C6CCOCC6)[nH]5)cc4)ccc3c2)[nH]1)C(C)C. The second-order valence-corrected chi connectivity index (χ2v) is 16.5. The van der Waals surface area contributed by atoms with E-state index in [2.05, 4.69) is 81.3 Å². The van der Waals surface area contributed by atoms with Crippen molar-refractivity contribution in [1.29, 1.82) is 0 Å². The van der Waals surface area contributed by atoms with Crippen LogP contribution in [0.15, 0.2) is 73.1 Å². The zero-order valence-electron chi connectivity index (χ0n) is 35.1. The number of H-pyrrole nitrogens is 2. The van der Waals surface area contributed by atoms with Crippen molar-refractivity contribution in [2.24, 2.45) is 11.8 Å². The maximum atomic E-state index is 14.0. The van der Waals surface area contributed by atoms with Crippen molar-refractivity contribution in [3.63, 3.8) is 0 Å². The Bertz CT molecular complexity index is 2370. The van der Waals surface area contributed by atoms with Gasteiger partial charge in [0.25, 0.3) is 0 Å². The molecular weight excluding hydrogens is 777 g/mol. The maximum absolute atomic E-state index is 14.0. The molecule has 3 aliphatic heterocycles. The summed E-state index contributed by atoms with van der Waals surface area (Å²) in [5.74, 6) is 1.07. The van der Waals surface area contributed by atoms with Crippen LogP contribution in [0.5, 0.6) is 0 Å². The first-order valence-corrected chi connectivity index (χ1v) is 21.2. The van der Waals surface area contributed by atoms with Gasteiger partial charge in [-0.25, -0.2) is 19.6 Å². The summed E-state index contributed by atoms with van der Waals surface area (Å²) in [6.45, 7) is 6.12. The monoisotopic (exact) mass is 830 g/mol. The van der Waals surface area contributed by atoms with Crippen LogP contribution < -0.4 is 10.6 Å². The molecule has 4 N–H and O–H groups in total. The van der Waals surface area contributed by atoms with Gasteiger partial charge in [0.15, 0.2) is 0 Å². The van der Waals surface area contributed by atoms with E-state index < -0.39 is 24.3 Å². The lowest BCUT2D eigenvalue weighted by molar-refractivity contribution is -0.137. The molecule has 0 radical (unpaired) electrons. The second-order valence-electron chi connectivity index (χ2n) is 16.5. The second kappa shape index (κ2) is 18.2. The molecule has 0 spiro atoms. The van der Waals surface area contributed by atoms with Gasteiger partial charge < -0.3 is 44.6 Å². The van der Waals surface area contributed by atoms with Crippen LogP contribution >= 0.6 is 0 Å². The number of aromatic amines is 2. The van der Waals surface area contributed by atoms with Gasteiger partial charge >= 0.3 is 12.2 Å². The lowest BCUT2D eigenvalue weighted by Gasteiger charge is -2.34. The summed E-state index contributed by atoms with van der Waals surface area (Å²) in [4.78, 5) is 71.9. The Morgan fingerprint density at radius 1 is 0.672 bits per heavy atom. The van der Waals surface area contributed by atoms with Crippen molar-refractivity contribution in [2.45, 2.75) is 76.5 Å². The quantitative estimate of drug-likeness (QED) is 0.107. The summed E-state index contributed by atoms with van der Waals surface area (Å²) in [6, 6.07) is 19.3. The van der Waals surface area contributed by atoms with Gasteiger partial charge in [-0.3, -0.25) is 9.59 Å². The molecular formula is C46H54N8O7. The van der Waals surface area contributed by atoms with E-state index in [1.807, 2.05) is 36.0 Å². The van der Waals surface area contributed by atoms with E-state index in [1.54, 1.807) is 0 Å². The molecule has 0 bridgehead atoms. The van der Waals surface area contributed by atoms with Gasteiger partial charge in [0.2, 0.25) is 11.8 Å². The van der Waals surface area contributed by atoms with Crippen LogP contribution in [0.25, 0.3) is 44.4 Å². The third-order valence-electron chi connectivity index (χ3n) is 12.4. The first-order chi connectivity index (χ1) is 29.6. The standard InChI is InChI=1S/C46H54N8O7/c1-27(2)39(51-45(57)59-3)43(55)53-19-5-7-37(53)42-48-26-36(50-42)34-16-15-32-23-31(13-14-33(32)24-34)28-9-11-29(12-10-28)35-25-47-41(49-35)38-8-6-20-54(38)44(56)40(52-46(58)60-4)30-17-21-61-22-18-30/h9-16,23-27,30,37-40H,5-8,17-22H2,1-4H3,(H,47,49)(H,48,50)(H,51,57)(H,52,58)/t37-,38?,39?,40-/m0/s1. The van der Waals surface area contributed by atoms with E-state index in [1.165, 1.54) is 14.2 Å². The molecule has 320 valence electrons. The zero-order chi connectivity index (χ0) is 42.6. The summed E-state index contributed by atoms with van der Waals surface area (Å²) in [5, 5.41) is 7.71. The van der Waals surface area contributed by atoms with Crippen LogP contribution in [0.3, 0.4) is 0 Å². The third-order valence-corrected chi connectivity index (χ3v) is 12.4. The fraction of sp³-hybridized carbons (Fsp3) is 0.435. The molecule has 3 aromatic carbocycles. The number of rotatable bonds is 11. The molecule has 4 amide bonds. The molecule has 2 aromatic heterocycles. The van der Waals surface area contributed by atoms with Crippen LogP contribution in [0.2, 0.25) is 0 Å². The van der Waals surface area contributed by atoms with Crippen LogP contribution in [0, 0.1) is 11.8 Å². The molecule has 3 fully saturated rings. The highest BCUT2D eigenvalue weighted by atomic mass is 16.5. The first-order valence-electron chi connectivity index (χ1n) is 21.2. The minimum atomic E-state index is -0.690. The fourth-order valence-electron chi connectivity index (χ4n) is 9.04. The number of likely N-dealkylation sites (tertiary alicyclic amines) is 2. The smallest absolute Gasteiger partial charge is 0.407 e. The number of nitrogens with zero attached hydrogens (tertiary/aromatic N) is 4. The average molecular weight is 831 g/mol.